The van der Waals surface area contributed by atoms with Crippen molar-refractivity contribution < 1.29 is 9.18 Å². The van der Waals surface area contributed by atoms with Crippen molar-refractivity contribution >= 4 is 22.6 Å². The van der Waals surface area contributed by atoms with E-state index in [4.69, 9.17) is 0 Å². The first-order valence-corrected chi connectivity index (χ1v) is 10.7. The molecule has 1 aromatic heterocycles. The molecular weight excluding hydrogens is 389 g/mol. The highest BCUT2D eigenvalue weighted by molar-refractivity contribution is 5.92. The number of benzene rings is 3. The minimum Gasteiger partial charge on any atom is -0.356 e. The van der Waals surface area contributed by atoms with Crippen LogP contribution < -0.4 is 5.32 Å². The van der Waals surface area contributed by atoms with E-state index in [1.165, 1.54) is 6.07 Å². The zero-order valence-electron chi connectivity index (χ0n) is 17.4. The summed E-state index contributed by atoms with van der Waals surface area (Å²) in [5.74, 6) is -0.314. The first-order chi connectivity index (χ1) is 15.2. The van der Waals surface area contributed by atoms with E-state index in [0.29, 0.717) is 18.5 Å². The molecule has 1 unspecified atom stereocenters. The molecule has 2 N–H and O–H groups in total. The van der Waals surface area contributed by atoms with Gasteiger partial charge in [0.1, 0.15) is 11.9 Å². The van der Waals surface area contributed by atoms with Crippen LogP contribution >= 0.6 is 0 Å². The second-order valence-corrected chi connectivity index (χ2v) is 7.87. The van der Waals surface area contributed by atoms with E-state index in [2.05, 4.69) is 23.3 Å². The van der Waals surface area contributed by atoms with Crippen LogP contribution in [0.1, 0.15) is 35.3 Å². The molecule has 0 aliphatic carbocycles. The normalized spacial score (nSPS) is 15.7. The van der Waals surface area contributed by atoms with Gasteiger partial charge in [-0.05, 0) is 42.2 Å². The number of nitrogens with one attached hydrogen (secondary N) is 2. The van der Waals surface area contributed by atoms with Crippen LogP contribution in [0.25, 0.3) is 10.9 Å². The lowest BCUT2D eigenvalue weighted by molar-refractivity contribution is 0.192. The van der Waals surface area contributed by atoms with E-state index in [9.17, 15) is 9.18 Å². The number of amides is 2. The second kappa shape index (κ2) is 7.91. The largest absolute Gasteiger partial charge is 0.356 e. The fraction of sp³-hybridized carbons (Fsp3) is 0.192. The summed E-state index contributed by atoms with van der Waals surface area (Å²) in [4.78, 5) is 18.6. The van der Waals surface area contributed by atoms with Crippen LogP contribution in [-0.2, 0) is 12.8 Å². The Hall–Kier alpha value is -3.60. The number of aromatic nitrogens is 1. The van der Waals surface area contributed by atoms with Crippen LogP contribution in [-0.4, -0.2) is 22.5 Å². The maximum absolute atomic E-state index is 14.9. The molecule has 0 spiro atoms. The number of fused-ring (bicyclic) bond motifs is 3. The molecule has 4 aromatic rings. The lowest BCUT2D eigenvalue weighted by Crippen LogP contribution is -2.43. The van der Waals surface area contributed by atoms with Gasteiger partial charge in [-0.15, -0.1) is 0 Å². The third-order valence-electron chi connectivity index (χ3n) is 6.13. The van der Waals surface area contributed by atoms with Gasteiger partial charge < -0.3 is 15.2 Å². The predicted molar refractivity (Wildman–Crippen MR) is 122 cm³/mol. The van der Waals surface area contributed by atoms with Gasteiger partial charge in [-0.2, -0.15) is 0 Å². The quantitative estimate of drug-likeness (QED) is 0.422. The number of hydrogen-bond acceptors (Lipinski definition) is 1. The number of carbonyl (C=O) groups is 1. The number of urea groups is 1. The highest BCUT2D eigenvalue weighted by Gasteiger charge is 2.36. The third-order valence-corrected chi connectivity index (χ3v) is 6.13. The number of aromatic amines is 1. The Morgan fingerprint density at radius 3 is 2.65 bits per heavy atom. The number of hydrogen-bond donors (Lipinski definition) is 2. The predicted octanol–water partition coefficient (Wildman–Crippen LogP) is 6.05. The van der Waals surface area contributed by atoms with Crippen molar-refractivity contribution in [3.63, 3.8) is 0 Å². The van der Waals surface area contributed by atoms with Gasteiger partial charge in [0.15, 0.2) is 0 Å². The lowest BCUT2D eigenvalue weighted by atomic mass is 9.92. The number of anilines is 1. The zero-order valence-corrected chi connectivity index (χ0v) is 17.4. The van der Waals surface area contributed by atoms with Gasteiger partial charge in [-0.1, -0.05) is 61.5 Å². The van der Waals surface area contributed by atoms with Gasteiger partial charge in [0.25, 0.3) is 0 Å². The number of aryl methyl sites for hydroxylation is 1. The standard InChI is InChI=1S/C26H24FN3O/c1-2-17-9-3-7-13-22(17)29-26(31)30-16-15-19-18-10-5-8-14-23(18)28-24(19)25(30)20-11-4-6-12-21(20)27/h3-14,25,28H,2,15-16H2,1H3,(H,29,31). The van der Waals surface area contributed by atoms with E-state index in [1.54, 1.807) is 17.0 Å². The smallest absolute Gasteiger partial charge is 0.322 e. The monoisotopic (exact) mass is 413 g/mol. The molecule has 5 heteroatoms. The highest BCUT2D eigenvalue weighted by Crippen LogP contribution is 2.39. The summed E-state index contributed by atoms with van der Waals surface area (Å²) >= 11 is 0. The van der Waals surface area contributed by atoms with E-state index in [0.717, 1.165) is 39.8 Å². The van der Waals surface area contributed by atoms with Crippen molar-refractivity contribution in [2.45, 2.75) is 25.8 Å². The molecule has 0 radical (unpaired) electrons. The summed E-state index contributed by atoms with van der Waals surface area (Å²) in [7, 11) is 0. The Morgan fingerprint density at radius 2 is 1.81 bits per heavy atom. The fourth-order valence-corrected chi connectivity index (χ4v) is 4.62. The molecular formula is C26H24FN3O. The van der Waals surface area contributed by atoms with Crippen LogP contribution in [0.5, 0.6) is 0 Å². The van der Waals surface area contributed by atoms with Crippen LogP contribution in [0.2, 0.25) is 0 Å². The first-order valence-electron chi connectivity index (χ1n) is 10.7. The summed E-state index contributed by atoms with van der Waals surface area (Å²) in [6, 6.07) is 21.9. The molecule has 0 saturated heterocycles. The molecule has 31 heavy (non-hydrogen) atoms. The average Bonchev–Trinajstić information content (AvgIpc) is 3.18. The zero-order chi connectivity index (χ0) is 21.4. The Morgan fingerprint density at radius 1 is 1.06 bits per heavy atom. The molecule has 2 amide bonds. The Bertz CT molecular complexity index is 1260. The van der Waals surface area contributed by atoms with Crippen molar-refractivity contribution in [2.24, 2.45) is 0 Å². The van der Waals surface area contributed by atoms with Crippen molar-refractivity contribution in [1.29, 1.82) is 0 Å². The SMILES string of the molecule is CCc1ccccc1NC(=O)N1CCc2c([nH]c3ccccc23)C1c1ccccc1F. The summed E-state index contributed by atoms with van der Waals surface area (Å²) in [5, 5.41) is 4.20. The number of halogens is 1. The summed E-state index contributed by atoms with van der Waals surface area (Å²) < 4.78 is 14.9. The van der Waals surface area contributed by atoms with E-state index in [1.807, 2.05) is 48.5 Å². The Balaban J connectivity index is 1.60. The summed E-state index contributed by atoms with van der Waals surface area (Å²) in [5.41, 5.74) is 5.41. The molecule has 1 aliphatic rings. The third kappa shape index (κ3) is 3.36. The Kier molecular flexibility index (Phi) is 4.94. The number of nitrogens with zero attached hydrogens (tertiary/aromatic N) is 1. The molecule has 0 fully saturated rings. The first kappa shape index (κ1) is 19.4. The minimum absolute atomic E-state index is 0.224. The maximum atomic E-state index is 14.9. The van der Waals surface area contributed by atoms with E-state index < -0.39 is 6.04 Å². The molecule has 1 aliphatic heterocycles. The second-order valence-electron chi connectivity index (χ2n) is 7.87. The summed E-state index contributed by atoms with van der Waals surface area (Å²) in [6.45, 7) is 2.57. The number of carbonyl (C=O) groups excluding carboxylic acids is 1. The fourth-order valence-electron chi connectivity index (χ4n) is 4.62. The van der Waals surface area contributed by atoms with E-state index in [-0.39, 0.29) is 11.8 Å². The molecule has 0 bridgehead atoms. The van der Waals surface area contributed by atoms with Gasteiger partial charge in [0, 0.05) is 34.4 Å². The van der Waals surface area contributed by atoms with Gasteiger partial charge in [0.2, 0.25) is 0 Å². The van der Waals surface area contributed by atoms with Gasteiger partial charge >= 0.3 is 6.03 Å². The maximum Gasteiger partial charge on any atom is 0.322 e. The van der Waals surface area contributed by atoms with E-state index >= 15 is 0 Å². The average molecular weight is 413 g/mol. The van der Waals surface area contributed by atoms with Crippen molar-refractivity contribution in [3.8, 4) is 0 Å². The van der Waals surface area contributed by atoms with Gasteiger partial charge in [0.05, 0.1) is 0 Å². The molecule has 156 valence electrons. The molecule has 4 nitrogen and oxygen atoms in total. The topological polar surface area (TPSA) is 48.1 Å². The number of para-hydroxylation sites is 2. The summed E-state index contributed by atoms with van der Waals surface area (Å²) in [6.07, 6.45) is 1.53. The molecule has 3 aromatic carbocycles. The lowest BCUT2D eigenvalue weighted by Gasteiger charge is -2.36. The number of H-pyrrole nitrogens is 1. The molecule has 5 rings (SSSR count). The highest BCUT2D eigenvalue weighted by atomic mass is 19.1. The van der Waals surface area contributed by atoms with Crippen molar-refractivity contribution in [1.82, 2.24) is 9.88 Å². The molecule has 1 atom stereocenters. The van der Waals surface area contributed by atoms with Crippen LogP contribution in [0, 0.1) is 5.82 Å². The van der Waals surface area contributed by atoms with Crippen LogP contribution in [0.4, 0.5) is 14.9 Å². The minimum atomic E-state index is -0.522. The molecule has 2 heterocycles. The van der Waals surface area contributed by atoms with Crippen molar-refractivity contribution in [2.75, 3.05) is 11.9 Å². The molecule has 0 saturated carbocycles. The van der Waals surface area contributed by atoms with Crippen LogP contribution in [0.3, 0.4) is 0 Å². The van der Waals surface area contributed by atoms with Gasteiger partial charge in [-0.25, -0.2) is 9.18 Å². The van der Waals surface area contributed by atoms with Crippen LogP contribution in [0.15, 0.2) is 72.8 Å². The number of rotatable bonds is 3. The van der Waals surface area contributed by atoms with Crippen molar-refractivity contribution in [3.05, 3.63) is 101 Å². The Labute approximate surface area is 180 Å². The van der Waals surface area contributed by atoms with Gasteiger partial charge in [-0.3, -0.25) is 0 Å².